The van der Waals surface area contributed by atoms with Gasteiger partial charge in [-0.15, -0.1) is 0 Å². The molecule has 1 spiro atoms. The summed E-state index contributed by atoms with van der Waals surface area (Å²) in [6.45, 7) is 8.00. The van der Waals surface area contributed by atoms with Crippen molar-refractivity contribution < 1.29 is 9.47 Å². The van der Waals surface area contributed by atoms with Crippen LogP contribution in [0.2, 0.25) is 0 Å². The lowest BCUT2D eigenvalue weighted by Gasteiger charge is -2.41. The van der Waals surface area contributed by atoms with Gasteiger partial charge in [0.15, 0.2) is 0 Å². The molecule has 3 atom stereocenters. The lowest BCUT2D eigenvalue weighted by atomic mass is 9.81. The van der Waals surface area contributed by atoms with E-state index in [1.165, 1.54) is 37.2 Å². The van der Waals surface area contributed by atoms with Crippen LogP contribution in [-0.4, -0.2) is 49.5 Å². The van der Waals surface area contributed by atoms with E-state index in [1.807, 2.05) is 0 Å². The zero-order valence-corrected chi connectivity index (χ0v) is 13.3. The third-order valence-electron chi connectivity index (χ3n) is 4.33. The number of ether oxygens (including phenoxy) is 2. The van der Waals surface area contributed by atoms with Crippen LogP contribution in [-0.2, 0) is 9.47 Å². The van der Waals surface area contributed by atoms with E-state index in [9.17, 15) is 0 Å². The SMILES string of the molecule is CCCNC(COCC)C1CCOC2(CCSC2)C1. The Kier molecular flexibility index (Phi) is 6.46. The van der Waals surface area contributed by atoms with Gasteiger partial charge < -0.3 is 14.8 Å². The zero-order chi connectivity index (χ0) is 13.6. The summed E-state index contributed by atoms with van der Waals surface area (Å²) in [5.74, 6) is 3.18. The van der Waals surface area contributed by atoms with Crippen molar-refractivity contribution in [2.75, 3.05) is 37.9 Å². The number of hydrogen-bond acceptors (Lipinski definition) is 4. The Bertz CT molecular complexity index is 249. The first kappa shape index (κ1) is 15.6. The molecule has 0 bridgehead atoms. The van der Waals surface area contributed by atoms with Crippen molar-refractivity contribution >= 4 is 11.8 Å². The standard InChI is InChI=1S/C15H29NO2S/c1-3-7-16-14(11-17-4-2)13-5-8-18-15(10-13)6-9-19-12-15/h13-14,16H,3-12H2,1-2H3. The van der Waals surface area contributed by atoms with E-state index < -0.39 is 0 Å². The summed E-state index contributed by atoms with van der Waals surface area (Å²) < 4.78 is 11.8. The van der Waals surface area contributed by atoms with Crippen LogP contribution in [0.25, 0.3) is 0 Å². The van der Waals surface area contributed by atoms with Gasteiger partial charge in [-0.3, -0.25) is 0 Å². The summed E-state index contributed by atoms with van der Waals surface area (Å²) in [5, 5.41) is 3.69. The molecule has 4 heteroatoms. The van der Waals surface area contributed by atoms with Crippen molar-refractivity contribution in [3.05, 3.63) is 0 Å². The molecule has 2 saturated heterocycles. The van der Waals surface area contributed by atoms with Crippen molar-refractivity contribution in [3.8, 4) is 0 Å². The molecule has 112 valence electrons. The molecular weight excluding hydrogens is 258 g/mol. The van der Waals surface area contributed by atoms with Crippen molar-refractivity contribution in [2.24, 2.45) is 5.92 Å². The highest BCUT2D eigenvalue weighted by molar-refractivity contribution is 7.99. The Morgan fingerprint density at radius 3 is 3.05 bits per heavy atom. The zero-order valence-electron chi connectivity index (χ0n) is 12.5. The van der Waals surface area contributed by atoms with Gasteiger partial charge in [-0.05, 0) is 50.8 Å². The van der Waals surface area contributed by atoms with Crippen LogP contribution in [0.15, 0.2) is 0 Å². The van der Waals surface area contributed by atoms with E-state index in [2.05, 4.69) is 30.9 Å². The molecule has 2 aliphatic heterocycles. The molecule has 19 heavy (non-hydrogen) atoms. The minimum absolute atomic E-state index is 0.186. The van der Waals surface area contributed by atoms with Crippen LogP contribution >= 0.6 is 11.8 Å². The molecule has 2 aliphatic rings. The summed E-state index contributed by atoms with van der Waals surface area (Å²) in [4.78, 5) is 0. The largest absolute Gasteiger partial charge is 0.380 e. The van der Waals surface area contributed by atoms with Gasteiger partial charge in [-0.25, -0.2) is 0 Å². The number of nitrogens with one attached hydrogen (secondary N) is 1. The Morgan fingerprint density at radius 1 is 1.47 bits per heavy atom. The summed E-state index contributed by atoms with van der Waals surface area (Å²) in [6, 6.07) is 0.506. The molecule has 0 aliphatic carbocycles. The number of hydrogen-bond donors (Lipinski definition) is 1. The monoisotopic (exact) mass is 287 g/mol. The Morgan fingerprint density at radius 2 is 2.37 bits per heavy atom. The van der Waals surface area contributed by atoms with Crippen molar-refractivity contribution in [1.82, 2.24) is 5.32 Å². The van der Waals surface area contributed by atoms with Crippen LogP contribution in [0, 0.1) is 5.92 Å². The smallest absolute Gasteiger partial charge is 0.0783 e. The fraction of sp³-hybridized carbons (Fsp3) is 1.00. The van der Waals surface area contributed by atoms with E-state index in [0.29, 0.717) is 12.0 Å². The average molecular weight is 287 g/mol. The molecule has 2 rings (SSSR count). The van der Waals surface area contributed by atoms with E-state index in [4.69, 9.17) is 9.47 Å². The van der Waals surface area contributed by atoms with Gasteiger partial charge in [0.25, 0.3) is 0 Å². The quantitative estimate of drug-likeness (QED) is 0.780. The molecule has 0 aromatic carbocycles. The summed E-state index contributed by atoms with van der Waals surface area (Å²) in [5.41, 5.74) is 0.186. The molecule has 0 radical (unpaired) electrons. The topological polar surface area (TPSA) is 30.5 Å². The summed E-state index contributed by atoms with van der Waals surface area (Å²) >= 11 is 2.05. The minimum atomic E-state index is 0.186. The Balaban J connectivity index is 1.90. The second-order valence-electron chi connectivity index (χ2n) is 5.81. The predicted molar refractivity (Wildman–Crippen MR) is 81.9 cm³/mol. The van der Waals surface area contributed by atoms with E-state index >= 15 is 0 Å². The Hall–Kier alpha value is 0.230. The van der Waals surface area contributed by atoms with Gasteiger partial charge in [0.2, 0.25) is 0 Å². The van der Waals surface area contributed by atoms with Gasteiger partial charge in [-0.2, -0.15) is 11.8 Å². The minimum Gasteiger partial charge on any atom is -0.380 e. The fourth-order valence-electron chi connectivity index (χ4n) is 3.21. The molecular formula is C15H29NO2S. The average Bonchev–Trinajstić information content (AvgIpc) is 2.87. The van der Waals surface area contributed by atoms with Gasteiger partial charge in [0, 0.05) is 25.0 Å². The maximum atomic E-state index is 6.13. The lowest BCUT2D eigenvalue weighted by Crippen LogP contribution is -2.49. The van der Waals surface area contributed by atoms with Gasteiger partial charge >= 0.3 is 0 Å². The van der Waals surface area contributed by atoms with Crippen molar-refractivity contribution in [3.63, 3.8) is 0 Å². The number of thioether (sulfide) groups is 1. The molecule has 0 aromatic heterocycles. The maximum Gasteiger partial charge on any atom is 0.0783 e. The third kappa shape index (κ3) is 4.35. The molecule has 0 aromatic rings. The van der Waals surface area contributed by atoms with Crippen molar-refractivity contribution in [2.45, 2.75) is 51.2 Å². The second kappa shape index (κ2) is 7.87. The molecule has 1 N–H and O–H groups in total. The van der Waals surface area contributed by atoms with Crippen molar-refractivity contribution in [1.29, 1.82) is 0 Å². The van der Waals surface area contributed by atoms with Crippen LogP contribution in [0.5, 0.6) is 0 Å². The van der Waals surface area contributed by atoms with Crippen LogP contribution in [0.1, 0.15) is 39.5 Å². The molecule has 0 saturated carbocycles. The highest BCUT2D eigenvalue weighted by Gasteiger charge is 2.42. The molecule has 2 heterocycles. The van der Waals surface area contributed by atoms with Gasteiger partial charge in [0.05, 0.1) is 12.2 Å². The molecule has 3 nitrogen and oxygen atoms in total. The van der Waals surface area contributed by atoms with Crippen LogP contribution in [0.3, 0.4) is 0 Å². The van der Waals surface area contributed by atoms with Crippen LogP contribution in [0.4, 0.5) is 0 Å². The maximum absolute atomic E-state index is 6.13. The molecule has 3 unspecified atom stereocenters. The number of rotatable bonds is 7. The first-order chi connectivity index (χ1) is 9.29. The lowest BCUT2D eigenvalue weighted by molar-refractivity contribution is -0.0893. The predicted octanol–water partition coefficient (Wildman–Crippen LogP) is 2.69. The highest BCUT2D eigenvalue weighted by Crippen LogP contribution is 2.41. The molecule has 0 amide bonds. The first-order valence-electron chi connectivity index (χ1n) is 7.82. The van der Waals surface area contributed by atoms with E-state index in [-0.39, 0.29) is 5.60 Å². The van der Waals surface area contributed by atoms with Gasteiger partial charge in [0.1, 0.15) is 0 Å². The van der Waals surface area contributed by atoms with E-state index in [0.717, 1.165) is 26.4 Å². The summed E-state index contributed by atoms with van der Waals surface area (Å²) in [7, 11) is 0. The van der Waals surface area contributed by atoms with E-state index in [1.54, 1.807) is 0 Å². The Labute approximate surface area is 122 Å². The third-order valence-corrected chi connectivity index (χ3v) is 5.55. The van der Waals surface area contributed by atoms with Gasteiger partial charge in [-0.1, -0.05) is 6.92 Å². The van der Waals surface area contributed by atoms with Crippen LogP contribution < -0.4 is 5.32 Å². The molecule has 2 fully saturated rings. The second-order valence-corrected chi connectivity index (χ2v) is 6.91. The fourth-order valence-corrected chi connectivity index (χ4v) is 4.59. The summed E-state index contributed by atoms with van der Waals surface area (Å²) in [6.07, 6.45) is 4.82. The highest BCUT2D eigenvalue weighted by atomic mass is 32.2. The normalized spacial score (nSPS) is 32.8. The first-order valence-corrected chi connectivity index (χ1v) is 8.98.